The van der Waals surface area contributed by atoms with Gasteiger partial charge in [-0.05, 0) is 39.5 Å². The predicted molar refractivity (Wildman–Crippen MR) is 86.5 cm³/mol. The first-order valence-corrected chi connectivity index (χ1v) is 8.43. The Kier molecular flexibility index (Phi) is 6.70. The Labute approximate surface area is 147 Å². The molecule has 1 aliphatic rings. The molecule has 136 valence electrons. The summed E-state index contributed by atoms with van der Waals surface area (Å²) in [6, 6.07) is 3.93. The molecule has 0 aromatic heterocycles. The lowest BCUT2D eigenvalue weighted by Gasteiger charge is -2.48. The molecule has 0 N–H and O–H groups in total. The quantitative estimate of drug-likeness (QED) is 0.533. The highest BCUT2D eigenvalue weighted by atomic mass is 16.6. The number of carbonyl (C=O) groups is 3. The molecule has 0 saturated heterocycles. The first-order valence-electron chi connectivity index (χ1n) is 8.43. The second kappa shape index (κ2) is 8.11. The number of rotatable bonds is 6. The molecule has 1 fully saturated rings. The van der Waals surface area contributed by atoms with Crippen LogP contribution in [0.3, 0.4) is 0 Å². The monoisotopic (exact) mass is 348 g/mol. The van der Waals surface area contributed by atoms with E-state index < -0.39 is 34.6 Å². The molecule has 0 heterocycles. The second-order valence-corrected chi connectivity index (χ2v) is 6.40. The van der Waals surface area contributed by atoms with Crippen molar-refractivity contribution in [2.24, 2.45) is 22.7 Å². The van der Waals surface area contributed by atoms with Gasteiger partial charge in [-0.15, -0.1) is 0 Å². The van der Waals surface area contributed by atoms with Crippen LogP contribution in [0.1, 0.15) is 47.0 Å². The third-order valence-corrected chi connectivity index (χ3v) is 5.01. The molecule has 0 radical (unpaired) electrons. The summed E-state index contributed by atoms with van der Waals surface area (Å²) in [5.41, 5.74) is -3.47. The van der Waals surface area contributed by atoms with Crippen molar-refractivity contribution in [1.29, 1.82) is 10.5 Å². The summed E-state index contributed by atoms with van der Waals surface area (Å²) in [5.74, 6) is -3.62. The third kappa shape index (κ3) is 3.37. The highest BCUT2D eigenvalue weighted by molar-refractivity contribution is 6.02. The molecular weight excluding hydrogens is 324 g/mol. The zero-order valence-electron chi connectivity index (χ0n) is 15.1. The lowest BCUT2D eigenvalue weighted by Crippen LogP contribution is -2.60. The first-order chi connectivity index (χ1) is 11.8. The van der Waals surface area contributed by atoms with Gasteiger partial charge in [0.2, 0.25) is 0 Å². The summed E-state index contributed by atoms with van der Waals surface area (Å²) in [4.78, 5) is 37.7. The fourth-order valence-electron chi connectivity index (χ4n) is 3.76. The molecule has 2 atom stereocenters. The van der Waals surface area contributed by atoms with Crippen LogP contribution in [0.2, 0.25) is 0 Å². The van der Waals surface area contributed by atoms with Gasteiger partial charge in [-0.25, -0.2) is 0 Å². The van der Waals surface area contributed by atoms with Crippen LogP contribution in [0.5, 0.6) is 0 Å². The minimum atomic E-state index is -1.85. The van der Waals surface area contributed by atoms with Crippen LogP contribution in [0, 0.1) is 45.3 Å². The number of carbonyl (C=O) groups excluding carboxylic acids is 3. The van der Waals surface area contributed by atoms with E-state index in [-0.39, 0.29) is 31.8 Å². The fraction of sp³-hybridized carbons (Fsp3) is 0.722. The van der Waals surface area contributed by atoms with E-state index in [0.29, 0.717) is 6.42 Å². The molecule has 7 heteroatoms. The molecule has 7 nitrogen and oxygen atoms in total. The maximum Gasteiger partial charge on any atom is 0.324 e. The van der Waals surface area contributed by atoms with E-state index in [2.05, 4.69) is 0 Å². The van der Waals surface area contributed by atoms with Crippen molar-refractivity contribution in [3.8, 4) is 12.1 Å². The zero-order valence-corrected chi connectivity index (χ0v) is 15.1. The molecule has 0 amide bonds. The maximum atomic E-state index is 12.9. The van der Waals surface area contributed by atoms with Crippen LogP contribution in [-0.4, -0.2) is 30.9 Å². The molecule has 0 spiro atoms. The number of ketones is 1. The van der Waals surface area contributed by atoms with Crippen LogP contribution >= 0.6 is 0 Å². The Bertz CT molecular complexity index is 596. The van der Waals surface area contributed by atoms with Crippen molar-refractivity contribution < 1.29 is 23.9 Å². The van der Waals surface area contributed by atoms with E-state index >= 15 is 0 Å². The van der Waals surface area contributed by atoms with Gasteiger partial charge in [0.05, 0.1) is 25.4 Å². The number of hydrogen-bond donors (Lipinski definition) is 0. The van der Waals surface area contributed by atoms with E-state index in [0.717, 1.165) is 0 Å². The number of nitriles is 2. The summed E-state index contributed by atoms with van der Waals surface area (Å²) in [5, 5.41) is 19.4. The van der Waals surface area contributed by atoms with Crippen molar-refractivity contribution in [2.75, 3.05) is 13.2 Å². The molecule has 0 aliphatic heterocycles. The molecule has 1 aliphatic carbocycles. The van der Waals surface area contributed by atoms with Gasteiger partial charge < -0.3 is 14.3 Å². The Hall–Kier alpha value is -2.41. The molecule has 0 unspecified atom stereocenters. The fourth-order valence-corrected chi connectivity index (χ4v) is 3.76. The largest absolute Gasteiger partial charge is 0.465 e. The number of hydrogen-bond acceptors (Lipinski definition) is 7. The van der Waals surface area contributed by atoms with Gasteiger partial charge in [-0.2, -0.15) is 10.5 Å². The highest BCUT2D eigenvalue weighted by Gasteiger charge is 2.67. The lowest BCUT2D eigenvalue weighted by atomic mass is 9.50. The Morgan fingerprint density at radius 3 is 1.92 bits per heavy atom. The van der Waals surface area contributed by atoms with E-state index in [1.807, 2.05) is 12.1 Å². The molecule has 0 aromatic rings. The van der Waals surface area contributed by atoms with E-state index in [1.54, 1.807) is 20.8 Å². The van der Waals surface area contributed by atoms with Crippen LogP contribution < -0.4 is 0 Å². The topological polar surface area (TPSA) is 117 Å². The van der Waals surface area contributed by atoms with E-state index in [1.165, 1.54) is 6.92 Å². The van der Waals surface area contributed by atoms with E-state index in [4.69, 9.17) is 9.47 Å². The van der Waals surface area contributed by atoms with Crippen molar-refractivity contribution in [3.63, 3.8) is 0 Å². The normalized spacial score (nSPS) is 23.6. The summed E-state index contributed by atoms with van der Waals surface area (Å²) in [6.45, 7) is 6.27. The van der Waals surface area contributed by atoms with Gasteiger partial charge in [-0.3, -0.25) is 9.59 Å². The summed E-state index contributed by atoms with van der Waals surface area (Å²) in [6.07, 6.45) is 0.232. The number of esters is 2. The molecule has 0 bridgehead atoms. The summed E-state index contributed by atoms with van der Waals surface area (Å²) < 4.78 is 10.3. The smallest absolute Gasteiger partial charge is 0.324 e. The molecular formula is C18H24N2O5. The average Bonchev–Trinajstić information content (AvgIpc) is 2.56. The maximum absolute atomic E-state index is 12.9. The molecule has 0 aromatic carbocycles. The Morgan fingerprint density at radius 1 is 1.08 bits per heavy atom. The number of Topliss-reactive ketones (excluding diaryl/α,β-unsaturated/α-hetero) is 1. The predicted octanol–water partition coefficient (Wildman–Crippen LogP) is 2.16. The van der Waals surface area contributed by atoms with Gasteiger partial charge in [-0.1, -0.05) is 6.92 Å². The highest BCUT2D eigenvalue weighted by Crippen LogP contribution is 2.56. The van der Waals surface area contributed by atoms with Crippen molar-refractivity contribution in [3.05, 3.63) is 0 Å². The van der Waals surface area contributed by atoms with Gasteiger partial charge in [0, 0.05) is 12.3 Å². The average molecular weight is 348 g/mol. The van der Waals surface area contributed by atoms with E-state index in [9.17, 15) is 24.9 Å². The summed E-state index contributed by atoms with van der Waals surface area (Å²) >= 11 is 0. The Morgan fingerprint density at radius 2 is 1.56 bits per heavy atom. The van der Waals surface area contributed by atoms with Crippen molar-refractivity contribution in [2.45, 2.75) is 47.0 Å². The molecule has 25 heavy (non-hydrogen) atoms. The van der Waals surface area contributed by atoms with Gasteiger partial charge in [0.15, 0.2) is 5.41 Å². The van der Waals surface area contributed by atoms with Gasteiger partial charge in [0.25, 0.3) is 0 Å². The molecule has 1 saturated carbocycles. The lowest BCUT2D eigenvalue weighted by molar-refractivity contribution is -0.190. The van der Waals surface area contributed by atoms with Crippen LogP contribution in [0.4, 0.5) is 0 Å². The minimum absolute atomic E-state index is 0.0333. The second-order valence-electron chi connectivity index (χ2n) is 6.40. The first kappa shape index (κ1) is 20.6. The zero-order chi connectivity index (χ0) is 19.3. The van der Waals surface area contributed by atoms with Gasteiger partial charge in [0.1, 0.15) is 11.2 Å². The van der Waals surface area contributed by atoms with Crippen molar-refractivity contribution >= 4 is 17.7 Å². The number of nitrogens with zero attached hydrogens (tertiary/aromatic N) is 2. The van der Waals surface area contributed by atoms with Gasteiger partial charge >= 0.3 is 11.9 Å². The summed E-state index contributed by atoms with van der Waals surface area (Å²) in [7, 11) is 0. The van der Waals surface area contributed by atoms with Crippen LogP contribution in [0.15, 0.2) is 0 Å². The van der Waals surface area contributed by atoms with Crippen molar-refractivity contribution in [1.82, 2.24) is 0 Å². The standard InChI is InChI=1S/C18H24N2O5/c1-5-24-15(22)18(16(23)25-6-2)12(3)7-8-17(10-19,11-20)14(18)9-13(4)21/h12,14H,5-9H2,1-4H3/t12-,14+/m0/s1. The van der Waals surface area contributed by atoms with Crippen LogP contribution in [-0.2, 0) is 23.9 Å². The SMILES string of the molecule is CCOC(=O)C1(C(=O)OCC)[C@H](CC(C)=O)C(C#N)(C#N)CC[C@@H]1C. The third-order valence-electron chi connectivity index (χ3n) is 5.01. The molecule has 1 rings (SSSR count). The number of ether oxygens (including phenoxy) is 2. The Balaban J connectivity index is 3.72. The minimum Gasteiger partial charge on any atom is -0.465 e. The van der Waals surface area contributed by atoms with Crippen LogP contribution in [0.25, 0.3) is 0 Å².